The number of nitrogens with one attached hydrogen (secondary N) is 1. The highest BCUT2D eigenvalue weighted by Gasteiger charge is 2.18. The van der Waals surface area contributed by atoms with Crippen molar-refractivity contribution in [3.05, 3.63) is 70.0 Å². The standard InChI is InChI=1S/C19H18FN3O3/c1-3-23(19(25)12-8-9-16(26-2)14(20)10-12)11-17-21-15-7-5-4-6-13(15)18(24)22-17/h4-10H,3,11H2,1-2H3,(H,21,22,24). The molecule has 0 spiro atoms. The SMILES string of the molecule is CCN(Cc1nc2ccccc2c(=O)[nH]1)C(=O)c1ccc(OC)c(F)c1. The third-order valence-corrected chi connectivity index (χ3v) is 4.07. The molecule has 6 nitrogen and oxygen atoms in total. The Morgan fingerprint density at radius 3 is 2.73 bits per heavy atom. The number of nitrogens with zero attached hydrogens (tertiary/aromatic N) is 2. The van der Waals surface area contributed by atoms with Crippen molar-refractivity contribution in [2.45, 2.75) is 13.5 Å². The fourth-order valence-corrected chi connectivity index (χ4v) is 2.70. The van der Waals surface area contributed by atoms with Gasteiger partial charge in [-0.05, 0) is 37.3 Å². The molecule has 26 heavy (non-hydrogen) atoms. The highest BCUT2D eigenvalue weighted by molar-refractivity contribution is 5.94. The number of H-pyrrole nitrogens is 1. The van der Waals surface area contributed by atoms with Crippen LogP contribution in [0.4, 0.5) is 4.39 Å². The molecule has 7 heteroatoms. The molecule has 0 aliphatic rings. The fourth-order valence-electron chi connectivity index (χ4n) is 2.70. The number of rotatable bonds is 5. The third kappa shape index (κ3) is 3.42. The van der Waals surface area contributed by atoms with Gasteiger partial charge in [-0.3, -0.25) is 9.59 Å². The van der Waals surface area contributed by atoms with Crippen LogP contribution in [-0.4, -0.2) is 34.4 Å². The molecule has 3 aromatic rings. The number of methoxy groups -OCH3 is 1. The lowest BCUT2D eigenvalue weighted by Crippen LogP contribution is -2.32. The van der Waals surface area contributed by atoms with Gasteiger partial charge in [0.05, 0.1) is 24.6 Å². The Hall–Kier alpha value is -3.22. The minimum Gasteiger partial charge on any atom is -0.494 e. The Labute approximate surface area is 149 Å². The number of para-hydroxylation sites is 1. The highest BCUT2D eigenvalue weighted by Crippen LogP contribution is 2.19. The lowest BCUT2D eigenvalue weighted by Gasteiger charge is -2.20. The van der Waals surface area contributed by atoms with Crippen LogP contribution in [0.5, 0.6) is 5.75 Å². The second kappa shape index (κ2) is 7.35. The maximum atomic E-state index is 13.9. The lowest BCUT2D eigenvalue weighted by molar-refractivity contribution is 0.0748. The molecule has 0 radical (unpaired) electrons. The molecular weight excluding hydrogens is 337 g/mol. The average molecular weight is 355 g/mol. The Kier molecular flexibility index (Phi) is 4.97. The molecule has 1 heterocycles. The molecule has 0 bridgehead atoms. The van der Waals surface area contributed by atoms with Crippen molar-refractivity contribution < 1.29 is 13.9 Å². The average Bonchev–Trinajstić information content (AvgIpc) is 2.65. The van der Waals surface area contributed by atoms with Crippen molar-refractivity contribution in [1.29, 1.82) is 0 Å². The quantitative estimate of drug-likeness (QED) is 0.764. The molecule has 0 fully saturated rings. The Morgan fingerprint density at radius 2 is 2.04 bits per heavy atom. The first-order valence-electron chi connectivity index (χ1n) is 8.14. The predicted octanol–water partition coefficient (Wildman–Crippen LogP) is 2.73. The highest BCUT2D eigenvalue weighted by atomic mass is 19.1. The van der Waals surface area contributed by atoms with Gasteiger partial charge in [0.25, 0.3) is 11.5 Å². The molecule has 1 aromatic heterocycles. The van der Waals surface area contributed by atoms with E-state index in [1.54, 1.807) is 31.2 Å². The topological polar surface area (TPSA) is 75.3 Å². The first-order valence-corrected chi connectivity index (χ1v) is 8.14. The smallest absolute Gasteiger partial charge is 0.258 e. The van der Waals surface area contributed by atoms with E-state index in [2.05, 4.69) is 9.97 Å². The van der Waals surface area contributed by atoms with Gasteiger partial charge in [0.2, 0.25) is 0 Å². The largest absolute Gasteiger partial charge is 0.494 e. The van der Waals surface area contributed by atoms with Gasteiger partial charge in [-0.25, -0.2) is 9.37 Å². The van der Waals surface area contributed by atoms with Crippen LogP contribution in [0.15, 0.2) is 47.3 Å². The molecule has 3 rings (SSSR count). The summed E-state index contributed by atoms with van der Waals surface area (Å²) in [6.07, 6.45) is 0. The zero-order valence-corrected chi connectivity index (χ0v) is 14.5. The van der Waals surface area contributed by atoms with Crippen LogP contribution in [0.2, 0.25) is 0 Å². The molecule has 0 saturated heterocycles. The van der Waals surface area contributed by atoms with E-state index in [0.717, 1.165) is 6.07 Å². The van der Waals surface area contributed by atoms with Gasteiger partial charge >= 0.3 is 0 Å². The number of benzene rings is 2. The minimum absolute atomic E-state index is 0.0742. The van der Waals surface area contributed by atoms with Crippen molar-refractivity contribution in [3.8, 4) is 5.75 Å². The summed E-state index contributed by atoms with van der Waals surface area (Å²) in [7, 11) is 1.36. The van der Waals surface area contributed by atoms with Gasteiger partial charge in [-0.1, -0.05) is 12.1 Å². The first-order chi connectivity index (χ1) is 12.5. The van der Waals surface area contributed by atoms with E-state index in [-0.39, 0.29) is 29.3 Å². The van der Waals surface area contributed by atoms with E-state index in [9.17, 15) is 14.0 Å². The second-order valence-electron chi connectivity index (χ2n) is 5.70. The Bertz CT molecular complexity index is 1020. The predicted molar refractivity (Wildman–Crippen MR) is 95.7 cm³/mol. The Morgan fingerprint density at radius 1 is 1.27 bits per heavy atom. The van der Waals surface area contributed by atoms with E-state index in [4.69, 9.17) is 4.74 Å². The van der Waals surface area contributed by atoms with Crippen LogP contribution in [0.1, 0.15) is 23.1 Å². The summed E-state index contributed by atoms with van der Waals surface area (Å²) in [4.78, 5) is 33.4. The lowest BCUT2D eigenvalue weighted by atomic mass is 10.1. The number of amides is 1. The second-order valence-corrected chi connectivity index (χ2v) is 5.70. The van der Waals surface area contributed by atoms with Gasteiger partial charge in [0.15, 0.2) is 11.6 Å². The maximum Gasteiger partial charge on any atom is 0.258 e. The number of halogens is 1. The van der Waals surface area contributed by atoms with Crippen molar-refractivity contribution in [2.75, 3.05) is 13.7 Å². The van der Waals surface area contributed by atoms with E-state index >= 15 is 0 Å². The minimum atomic E-state index is -0.605. The first kappa shape index (κ1) is 17.6. The molecule has 0 saturated carbocycles. The van der Waals surface area contributed by atoms with Gasteiger partial charge in [0.1, 0.15) is 5.82 Å². The van der Waals surface area contributed by atoms with E-state index in [0.29, 0.717) is 23.3 Å². The summed E-state index contributed by atoms with van der Waals surface area (Å²) in [5.41, 5.74) is 0.503. The molecular formula is C19H18FN3O3. The number of aromatic amines is 1. The number of carbonyl (C=O) groups is 1. The number of carbonyl (C=O) groups excluding carboxylic acids is 1. The van der Waals surface area contributed by atoms with Crippen molar-refractivity contribution >= 4 is 16.8 Å². The number of aromatic nitrogens is 2. The summed E-state index contributed by atoms with van der Waals surface area (Å²) < 4.78 is 18.7. The number of hydrogen-bond acceptors (Lipinski definition) is 4. The van der Waals surface area contributed by atoms with Crippen molar-refractivity contribution in [1.82, 2.24) is 14.9 Å². The van der Waals surface area contributed by atoms with Crippen LogP contribution in [0.25, 0.3) is 10.9 Å². The maximum absolute atomic E-state index is 13.9. The molecule has 0 aliphatic carbocycles. The number of fused-ring (bicyclic) bond motifs is 1. The molecule has 0 unspecified atom stereocenters. The van der Waals surface area contributed by atoms with Crippen LogP contribution in [0, 0.1) is 5.82 Å². The molecule has 1 N–H and O–H groups in total. The number of ether oxygens (including phenoxy) is 1. The normalized spacial score (nSPS) is 10.7. The van der Waals surface area contributed by atoms with Crippen LogP contribution >= 0.6 is 0 Å². The van der Waals surface area contributed by atoms with Crippen LogP contribution < -0.4 is 10.3 Å². The third-order valence-electron chi connectivity index (χ3n) is 4.07. The van der Waals surface area contributed by atoms with E-state index < -0.39 is 5.82 Å². The molecule has 0 atom stereocenters. The molecule has 134 valence electrons. The van der Waals surface area contributed by atoms with Gasteiger partial charge in [0, 0.05) is 12.1 Å². The van der Waals surface area contributed by atoms with Gasteiger partial charge in [-0.15, -0.1) is 0 Å². The molecule has 2 aromatic carbocycles. The zero-order valence-electron chi connectivity index (χ0n) is 14.5. The summed E-state index contributed by atoms with van der Waals surface area (Å²) in [5.74, 6) is -0.514. The fraction of sp³-hybridized carbons (Fsp3) is 0.211. The zero-order chi connectivity index (χ0) is 18.7. The van der Waals surface area contributed by atoms with Crippen molar-refractivity contribution in [3.63, 3.8) is 0 Å². The molecule has 1 amide bonds. The summed E-state index contributed by atoms with van der Waals surface area (Å²) in [6.45, 7) is 2.29. The molecule has 0 aliphatic heterocycles. The van der Waals surface area contributed by atoms with E-state index in [1.807, 2.05) is 0 Å². The van der Waals surface area contributed by atoms with E-state index in [1.165, 1.54) is 24.1 Å². The van der Waals surface area contributed by atoms with Crippen LogP contribution in [-0.2, 0) is 6.54 Å². The van der Waals surface area contributed by atoms with Crippen molar-refractivity contribution in [2.24, 2.45) is 0 Å². The summed E-state index contributed by atoms with van der Waals surface area (Å²) >= 11 is 0. The summed E-state index contributed by atoms with van der Waals surface area (Å²) in [5, 5.41) is 0.489. The monoisotopic (exact) mass is 355 g/mol. The van der Waals surface area contributed by atoms with Crippen LogP contribution in [0.3, 0.4) is 0 Å². The van der Waals surface area contributed by atoms with Gasteiger partial charge < -0.3 is 14.6 Å². The number of hydrogen-bond donors (Lipinski definition) is 1. The summed E-state index contributed by atoms with van der Waals surface area (Å²) in [6, 6.07) is 11.0. The Balaban J connectivity index is 1.88. The van der Waals surface area contributed by atoms with Gasteiger partial charge in [-0.2, -0.15) is 0 Å².